The van der Waals surface area contributed by atoms with Gasteiger partial charge in [0.05, 0.1) is 12.2 Å². The lowest BCUT2D eigenvalue weighted by molar-refractivity contribution is -0.135. The smallest absolute Gasteiger partial charge is 0.323 e. The molecular weight excluding hydrogens is 320 g/mol. The molecule has 0 fully saturated rings. The summed E-state index contributed by atoms with van der Waals surface area (Å²) in [5.41, 5.74) is 2.85. The highest BCUT2D eigenvalue weighted by molar-refractivity contribution is 9.10. The van der Waals surface area contributed by atoms with Crippen LogP contribution in [0, 0.1) is 6.92 Å². The minimum Gasteiger partial charge on any atom is -0.480 e. The van der Waals surface area contributed by atoms with Gasteiger partial charge in [-0.25, -0.2) is 0 Å². The van der Waals surface area contributed by atoms with Crippen LogP contribution in [-0.2, 0) is 11.3 Å². The lowest BCUT2D eigenvalue weighted by Gasteiger charge is -2.22. The van der Waals surface area contributed by atoms with Crippen LogP contribution in [0.15, 0.2) is 47.1 Å². The maximum atomic E-state index is 11.0. The van der Waals surface area contributed by atoms with Crippen molar-refractivity contribution in [2.75, 3.05) is 11.4 Å². The van der Waals surface area contributed by atoms with E-state index >= 15 is 0 Å². The standard InChI is InChI=1S/C15H15BrN2O2/c1-11-2-6-14(7-3-11)18(10-15(19)20)9-13-5-4-12(16)8-17-13/h2-8H,9-10H2,1H3,(H,19,20). The normalized spacial score (nSPS) is 10.3. The lowest BCUT2D eigenvalue weighted by Crippen LogP contribution is -2.29. The largest absolute Gasteiger partial charge is 0.480 e. The van der Waals surface area contributed by atoms with Gasteiger partial charge in [-0.15, -0.1) is 0 Å². The van der Waals surface area contributed by atoms with Crippen LogP contribution < -0.4 is 4.90 Å². The van der Waals surface area contributed by atoms with E-state index in [9.17, 15) is 4.79 Å². The molecule has 4 nitrogen and oxygen atoms in total. The molecule has 0 radical (unpaired) electrons. The fourth-order valence-electron chi connectivity index (χ4n) is 1.85. The third-order valence-corrected chi connectivity index (χ3v) is 3.34. The molecule has 0 saturated carbocycles. The van der Waals surface area contributed by atoms with Crippen LogP contribution in [0.5, 0.6) is 0 Å². The average molecular weight is 335 g/mol. The van der Waals surface area contributed by atoms with Crippen molar-refractivity contribution in [2.45, 2.75) is 13.5 Å². The van der Waals surface area contributed by atoms with Crippen LogP contribution in [0.25, 0.3) is 0 Å². The summed E-state index contributed by atoms with van der Waals surface area (Å²) >= 11 is 3.33. The summed E-state index contributed by atoms with van der Waals surface area (Å²) < 4.78 is 0.904. The lowest BCUT2D eigenvalue weighted by atomic mass is 10.2. The van der Waals surface area contributed by atoms with Gasteiger partial charge in [0.1, 0.15) is 6.54 Å². The van der Waals surface area contributed by atoms with Crippen LogP contribution in [0.3, 0.4) is 0 Å². The van der Waals surface area contributed by atoms with Gasteiger partial charge in [0.2, 0.25) is 0 Å². The predicted molar refractivity (Wildman–Crippen MR) is 81.8 cm³/mol. The van der Waals surface area contributed by atoms with E-state index in [0.29, 0.717) is 6.54 Å². The second-order valence-electron chi connectivity index (χ2n) is 4.55. The summed E-state index contributed by atoms with van der Waals surface area (Å²) in [6.07, 6.45) is 1.71. The van der Waals surface area contributed by atoms with E-state index in [4.69, 9.17) is 5.11 Å². The molecule has 20 heavy (non-hydrogen) atoms. The monoisotopic (exact) mass is 334 g/mol. The highest BCUT2D eigenvalue weighted by Crippen LogP contribution is 2.18. The predicted octanol–water partition coefficient (Wildman–Crippen LogP) is 3.24. The number of aromatic nitrogens is 1. The van der Waals surface area contributed by atoms with Crippen molar-refractivity contribution in [1.29, 1.82) is 0 Å². The number of carboxylic acids is 1. The van der Waals surface area contributed by atoms with Crippen molar-refractivity contribution in [2.24, 2.45) is 0 Å². The van der Waals surface area contributed by atoms with Gasteiger partial charge in [-0.2, -0.15) is 0 Å². The molecule has 0 unspecified atom stereocenters. The Balaban J connectivity index is 2.21. The molecule has 0 bridgehead atoms. The molecule has 0 spiro atoms. The number of aryl methyl sites for hydroxylation is 1. The zero-order valence-electron chi connectivity index (χ0n) is 11.1. The highest BCUT2D eigenvalue weighted by atomic mass is 79.9. The SMILES string of the molecule is Cc1ccc(N(CC(=O)O)Cc2ccc(Br)cn2)cc1. The van der Waals surface area contributed by atoms with Crippen molar-refractivity contribution in [3.05, 3.63) is 58.3 Å². The van der Waals surface area contributed by atoms with Gasteiger partial charge >= 0.3 is 5.97 Å². The first-order chi connectivity index (χ1) is 9.54. The summed E-state index contributed by atoms with van der Waals surface area (Å²) in [6.45, 7) is 2.41. The number of hydrogen-bond acceptors (Lipinski definition) is 3. The number of nitrogens with zero attached hydrogens (tertiary/aromatic N) is 2. The zero-order chi connectivity index (χ0) is 14.5. The minimum atomic E-state index is -0.859. The molecule has 1 aromatic heterocycles. The van der Waals surface area contributed by atoms with Gasteiger partial charge in [-0.1, -0.05) is 17.7 Å². The fraction of sp³-hybridized carbons (Fsp3) is 0.200. The third kappa shape index (κ3) is 4.06. The first kappa shape index (κ1) is 14.5. The fourth-order valence-corrected chi connectivity index (χ4v) is 2.09. The summed E-state index contributed by atoms with van der Waals surface area (Å²) in [5.74, 6) is -0.859. The molecule has 1 N–H and O–H groups in total. The number of hydrogen-bond donors (Lipinski definition) is 1. The molecule has 0 aliphatic rings. The van der Waals surface area contributed by atoms with E-state index in [1.165, 1.54) is 0 Å². The van der Waals surface area contributed by atoms with Crippen LogP contribution in [0.2, 0.25) is 0 Å². The van der Waals surface area contributed by atoms with Crippen LogP contribution in [0.4, 0.5) is 5.69 Å². The van der Waals surface area contributed by atoms with Gasteiger partial charge in [0.15, 0.2) is 0 Å². The molecule has 0 saturated heterocycles. The van der Waals surface area contributed by atoms with Crippen molar-refractivity contribution in [3.63, 3.8) is 0 Å². The van der Waals surface area contributed by atoms with Crippen LogP contribution in [-0.4, -0.2) is 22.6 Å². The first-order valence-electron chi connectivity index (χ1n) is 6.18. The molecule has 1 heterocycles. The van der Waals surface area contributed by atoms with E-state index < -0.39 is 5.97 Å². The Morgan fingerprint density at radius 2 is 1.95 bits per heavy atom. The molecule has 104 valence electrons. The molecule has 0 amide bonds. The molecule has 5 heteroatoms. The van der Waals surface area contributed by atoms with Crippen LogP contribution in [0.1, 0.15) is 11.3 Å². The van der Waals surface area contributed by atoms with Gasteiger partial charge in [-0.3, -0.25) is 9.78 Å². The average Bonchev–Trinajstić information content (AvgIpc) is 2.41. The summed E-state index contributed by atoms with van der Waals surface area (Å²) in [6, 6.07) is 11.6. The topological polar surface area (TPSA) is 53.4 Å². The number of anilines is 1. The number of aliphatic carboxylic acids is 1. The van der Waals surface area contributed by atoms with E-state index in [1.807, 2.05) is 43.3 Å². The minimum absolute atomic E-state index is 0.0548. The molecule has 0 aliphatic heterocycles. The van der Waals surface area contributed by atoms with Crippen molar-refractivity contribution in [3.8, 4) is 0 Å². The molecule has 1 aromatic carbocycles. The highest BCUT2D eigenvalue weighted by Gasteiger charge is 2.12. The molecule has 0 aliphatic carbocycles. The molecule has 2 rings (SSSR count). The van der Waals surface area contributed by atoms with E-state index in [-0.39, 0.29) is 6.54 Å². The Labute approximate surface area is 126 Å². The van der Waals surface area contributed by atoms with Crippen molar-refractivity contribution >= 4 is 27.6 Å². The van der Waals surface area contributed by atoms with Gasteiger partial charge in [-0.05, 0) is 47.1 Å². The quantitative estimate of drug-likeness (QED) is 0.911. The Kier molecular flexibility index (Phi) is 4.74. The second kappa shape index (κ2) is 6.52. The first-order valence-corrected chi connectivity index (χ1v) is 6.98. The molecule has 0 atom stereocenters. The summed E-state index contributed by atoms with van der Waals surface area (Å²) in [4.78, 5) is 17.1. The molecule has 2 aromatic rings. The Morgan fingerprint density at radius 1 is 1.25 bits per heavy atom. The van der Waals surface area contributed by atoms with E-state index in [1.54, 1.807) is 11.1 Å². The Morgan fingerprint density at radius 3 is 2.50 bits per heavy atom. The summed E-state index contributed by atoms with van der Waals surface area (Å²) in [7, 11) is 0. The van der Waals surface area contributed by atoms with E-state index in [0.717, 1.165) is 21.4 Å². The maximum Gasteiger partial charge on any atom is 0.323 e. The Bertz CT molecular complexity index is 582. The maximum absolute atomic E-state index is 11.0. The van der Waals surface area contributed by atoms with Crippen molar-refractivity contribution in [1.82, 2.24) is 4.98 Å². The zero-order valence-corrected chi connectivity index (χ0v) is 12.7. The molecular formula is C15H15BrN2O2. The van der Waals surface area contributed by atoms with Gasteiger partial charge in [0, 0.05) is 16.4 Å². The number of rotatable bonds is 5. The van der Waals surface area contributed by atoms with E-state index in [2.05, 4.69) is 20.9 Å². The number of benzene rings is 1. The number of carbonyl (C=O) groups is 1. The van der Waals surface area contributed by atoms with Crippen molar-refractivity contribution < 1.29 is 9.90 Å². The number of carboxylic acid groups (broad SMARTS) is 1. The third-order valence-electron chi connectivity index (χ3n) is 2.87. The number of pyridine rings is 1. The van der Waals surface area contributed by atoms with Gasteiger partial charge < -0.3 is 10.0 Å². The van der Waals surface area contributed by atoms with Crippen LogP contribution >= 0.6 is 15.9 Å². The Hall–Kier alpha value is -1.88. The number of halogens is 1. The summed E-state index contributed by atoms with van der Waals surface area (Å²) in [5, 5.41) is 9.05. The second-order valence-corrected chi connectivity index (χ2v) is 5.47. The van der Waals surface area contributed by atoms with Gasteiger partial charge in [0.25, 0.3) is 0 Å².